The second-order valence-electron chi connectivity index (χ2n) is 5.62. The molecule has 27 heavy (non-hydrogen) atoms. The molecule has 2 rings (SSSR count). The molecule has 1 aromatic heterocycles. The molecule has 0 aliphatic heterocycles. The molecular formula is C17H16Cl3N3O4. The first-order valence-electron chi connectivity index (χ1n) is 7.65. The summed E-state index contributed by atoms with van der Waals surface area (Å²) in [5, 5.41) is 0.790. The predicted molar refractivity (Wildman–Crippen MR) is 104 cm³/mol. The summed E-state index contributed by atoms with van der Waals surface area (Å²) in [6, 6.07) is 2.93. The summed E-state index contributed by atoms with van der Waals surface area (Å²) in [5.41, 5.74) is 6.41. The lowest BCUT2D eigenvalue weighted by atomic mass is 10.1. The number of carbonyl (C=O) groups is 3. The van der Waals surface area contributed by atoms with Crippen molar-refractivity contribution in [2.75, 3.05) is 12.5 Å². The first-order chi connectivity index (χ1) is 12.6. The van der Waals surface area contributed by atoms with Crippen molar-refractivity contribution in [2.24, 2.45) is 0 Å². The van der Waals surface area contributed by atoms with E-state index in [1.54, 1.807) is 6.92 Å². The number of halogens is 3. The van der Waals surface area contributed by atoms with E-state index in [0.717, 1.165) is 0 Å². The highest BCUT2D eigenvalue weighted by Gasteiger charge is 2.24. The van der Waals surface area contributed by atoms with Crippen LogP contribution in [0.15, 0.2) is 12.1 Å². The molecule has 1 aromatic carbocycles. The Bertz CT molecular complexity index is 901. The summed E-state index contributed by atoms with van der Waals surface area (Å²) in [4.78, 5) is 38.8. The van der Waals surface area contributed by atoms with Gasteiger partial charge >= 0.3 is 5.97 Å². The zero-order valence-electron chi connectivity index (χ0n) is 14.6. The third-order valence-corrected chi connectivity index (χ3v) is 4.55. The Labute approximate surface area is 170 Å². The van der Waals surface area contributed by atoms with Crippen molar-refractivity contribution in [1.82, 2.24) is 10.4 Å². The Balaban J connectivity index is 2.20. The molecule has 7 nitrogen and oxygen atoms in total. The molecule has 0 aliphatic rings. The highest BCUT2D eigenvalue weighted by atomic mass is 35.5. The van der Waals surface area contributed by atoms with Crippen LogP contribution >= 0.6 is 34.8 Å². The summed E-state index contributed by atoms with van der Waals surface area (Å²) in [5.74, 6) is -1.41. The van der Waals surface area contributed by atoms with Crippen LogP contribution in [-0.4, -0.2) is 29.8 Å². The molecule has 3 N–H and O–H groups in total. The average Bonchev–Trinajstić information content (AvgIpc) is 2.89. The predicted octanol–water partition coefficient (Wildman–Crippen LogP) is 3.96. The maximum Gasteiger partial charge on any atom is 0.339 e. The van der Waals surface area contributed by atoms with Crippen LogP contribution < -0.4 is 10.9 Å². The van der Waals surface area contributed by atoms with E-state index in [9.17, 15) is 14.4 Å². The summed E-state index contributed by atoms with van der Waals surface area (Å²) in [7, 11) is 1.22. The minimum absolute atomic E-state index is 0.153. The molecule has 2 aromatic rings. The highest BCUT2D eigenvalue weighted by molar-refractivity contribution is 6.41. The van der Waals surface area contributed by atoms with Crippen molar-refractivity contribution < 1.29 is 19.1 Å². The summed E-state index contributed by atoms with van der Waals surface area (Å²) >= 11 is 17.9. The van der Waals surface area contributed by atoms with E-state index in [0.29, 0.717) is 10.6 Å². The monoisotopic (exact) mass is 431 g/mol. The summed E-state index contributed by atoms with van der Waals surface area (Å²) < 4.78 is 4.74. The second kappa shape index (κ2) is 8.65. The Morgan fingerprint density at radius 1 is 1.15 bits per heavy atom. The molecule has 0 aliphatic carbocycles. The number of anilines is 1. The number of hydrogen-bond donors (Lipinski definition) is 3. The number of H-pyrrole nitrogens is 1. The molecule has 0 saturated heterocycles. The molecule has 0 radical (unpaired) electrons. The molecule has 0 atom stereocenters. The number of hydrazine groups is 1. The van der Waals surface area contributed by atoms with E-state index < -0.39 is 11.9 Å². The maximum absolute atomic E-state index is 12.3. The Morgan fingerprint density at radius 3 is 2.26 bits per heavy atom. The van der Waals surface area contributed by atoms with Crippen molar-refractivity contribution in [3.05, 3.63) is 49.7 Å². The quantitative estimate of drug-likeness (QED) is 0.364. The van der Waals surface area contributed by atoms with Gasteiger partial charge in [-0.3, -0.25) is 20.4 Å². The van der Waals surface area contributed by atoms with Crippen LogP contribution in [0.4, 0.5) is 5.69 Å². The lowest BCUT2D eigenvalue weighted by Crippen LogP contribution is -2.31. The van der Waals surface area contributed by atoms with Crippen molar-refractivity contribution in [1.29, 1.82) is 0 Å². The van der Waals surface area contributed by atoms with Crippen LogP contribution in [0, 0.1) is 6.92 Å². The van der Waals surface area contributed by atoms with Crippen LogP contribution in [0.25, 0.3) is 0 Å². The minimum atomic E-state index is -0.643. The number of esters is 1. The molecule has 0 unspecified atom stereocenters. The Morgan fingerprint density at radius 2 is 1.74 bits per heavy atom. The number of ether oxygens (including phenoxy) is 1. The molecule has 1 heterocycles. The number of methoxy groups -OCH3 is 1. The number of benzene rings is 1. The van der Waals surface area contributed by atoms with E-state index in [2.05, 4.69) is 15.8 Å². The number of rotatable bonds is 6. The Hall–Kier alpha value is -2.22. The van der Waals surface area contributed by atoms with E-state index >= 15 is 0 Å². The van der Waals surface area contributed by atoms with Gasteiger partial charge in [0, 0.05) is 17.6 Å². The molecule has 1 amide bonds. The zero-order chi connectivity index (χ0) is 20.3. The summed E-state index contributed by atoms with van der Waals surface area (Å²) in [6.45, 7) is 2.96. The van der Waals surface area contributed by atoms with Gasteiger partial charge in [-0.1, -0.05) is 34.8 Å². The van der Waals surface area contributed by atoms with Gasteiger partial charge in [0.15, 0.2) is 5.78 Å². The molecule has 144 valence electrons. The fourth-order valence-electron chi connectivity index (χ4n) is 2.52. The lowest BCUT2D eigenvalue weighted by Gasteiger charge is -2.12. The van der Waals surface area contributed by atoms with Gasteiger partial charge in [-0.25, -0.2) is 4.79 Å². The summed E-state index contributed by atoms with van der Waals surface area (Å²) in [6.07, 6.45) is -0.214. The first kappa shape index (κ1) is 21.1. The van der Waals surface area contributed by atoms with Gasteiger partial charge in [0.05, 0.1) is 40.5 Å². The van der Waals surface area contributed by atoms with Crippen LogP contribution in [0.3, 0.4) is 0 Å². The van der Waals surface area contributed by atoms with Gasteiger partial charge in [0.25, 0.3) is 0 Å². The number of ketones is 1. The van der Waals surface area contributed by atoms with Crippen molar-refractivity contribution >= 4 is 58.1 Å². The zero-order valence-corrected chi connectivity index (χ0v) is 16.9. The van der Waals surface area contributed by atoms with Gasteiger partial charge in [-0.2, -0.15) is 0 Å². The van der Waals surface area contributed by atoms with Crippen LogP contribution in [0.5, 0.6) is 0 Å². The third kappa shape index (κ3) is 4.74. The average molecular weight is 433 g/mol. The number of Topliss-reactive ketones (excluding diaryl/α,β-unsaturated/α-hetero) is 1. The fourth-order valence-corrected chi connectivity index (χ4v) is 3.43. The first-order valence-corrected chi connectivity index (χ1v) is 8.79. The van der Waals surface area contributed by atoms with Gasteiger partial charge < -0.3 is 9.72 Å². The van der Waals surface area contributed by atoms with Gasteiger partial charge in [-0.05, 0) is 24.6 Å². The van der Waals surface area contributed by atoms with Gasteiger partial charge in [0.1, 0.15) is 0 Å². The standard InChI is InChI=1S/C17H16Cl3N3O4/c1-7-14(17(26)27-3)12(21-15(7)8(2)24)6-13(25)22-23-16-10(19)4-9(18)5-11(16)20/h4-5,21,23H,6H2,1-3H3,(H,22,25). The molecule has 0 saturated carbocycles. The van der Waals surface area contributed by atoms with E-state index in [1.165, 1.54) is 26.2 Å². The lowest BCUT2D eigenvalue weighted by molar-refractivity contribution is -0.120. The maximum atomic E-state index is 12.3. The second-order valence-corrected chi connectivity index (χ2v) is 6.87. The highest BCUT2D eigenvalue weighted by Crippen LogP contribution is 2.33. The molecule has 0 fully saturated rings. The largest absolute Gasteiger partial charge is 0.465 e. The van der Waals surface area contributed by atoms with E-state index in [1.807, 2.05) is 0 Å². The van der Waals surface area contributed by atoms with Crippen molar-refractivity contribution in [2.45, 2.75) is 20.3 Å². The number of hydrogen-bond acceptors (Lipinski definition) is 5. The number of aromatic amines is 1. The molecule has 0 bridgehead atoms. The number of carbonyl (C=O) groups excluding carboxylic acids is 3. The van der Waals surface area contributed by atoms with Crippen LogP contribution in [0.1, 0.15) is 39.0 Å². The van der Waals surface area contributed by atoms with Crippen LogP contribution in [0.2, 0.25) is 15.1 Å². The van der Waals surface area contributed by atoms with Gasteiger partial charge in [-0.15, -0.1) is 0 Å². The topological polar surface area (TPSA) is 100 Å². The van der Waals surface area contributed by atoms with Crippen molar-refractivity contribution in [3.8, 4) is 0 Å². The normalized spacial score (nSPS) is 10.4. The Kier molecular flexibility index (Phi) is 6.75. The fraction of sp³-hybridized carbons (Fsp3) is 0.235. The molecule has 0 spiro atoms. The number of aromatic nitrogens is 1. The number of amides is 1. The molecular weight excluding hydrogens is 417 g/mol. The van der Waals surface area contributed by atoms with Gasteiger partial charge in [0.2, 0.25) is 5.91 Å². The molecule has 10 heteroatoms. The number of nitrogens with one attached hydrogen (secondary N) is 3. The van der Waals surface area contributed by atoms with E-state index in [-0.39, 0.29) is 44.9 Å². The SMILES string of the molecule is COC(=O)c1c(CC(=O)NNc2c(Cl)cc(Cl)cc2Cl)[nH]c(C(C)=O)c1C. The van der Waals surface area contributed by atoms with Crippen molar-refractivity contribution in [3.63, 3.8) is 0 Å². The van der Waals surface area contributed by atoms with Crippen LogP contribution in [-0.2, 0) is 16.0 Å². The minimum Gasteiger partial charge on any atom is -0.465 e. The third-order valence-electron chi connectivity index (χ3n) is 3.74. The smallest absolute Gasteiger partial charge is 0.339 e. The van der Waals surface area contributed by atoms with E-state index in [4.69, 9.17) is 39.5 Å².